The van der Waals surface area contributed by atoms with Gasteiger partial charge in [0.15, 0.2) is 11.5 Å². The van der Waals surface area contributed by atoms with E-state index >= 15 is 0 Å². The number of nitrogens with zero attached hydrogens (tertiary/aromatic N) is 5. The lowest BCUT2D eigenvalue weighted by molar-refractivity contribution is 0.0781. The number of rotatable bonds is 14. The van der Waals surface area contributed by atoms with Gasteiger partial charge < -0.3 is 33.9 Å². The fraction of sp³-hybridized carbons (Fsp3) is 0.359. The lowest BCUT2D eigenvalue weighted by atomic mass is 9.95. The Morgan fingerprint density at radius 3 is 2.36 bits per heavy atom. The molecule has 0 saturated carbocycles. The summed E-state index contributed by atoms with van der Waals surface area (Å²) in [7, 11) is 6.45. The molecule has 10 nitrogen and oxygen atoms in total. The van der Waals surface area contributed by atoms with Crippen molar-refractivity contribution < 1.29 is 23.4 Å². The number of fused-ring (bicyclic) bond motifs is 1. The lowest BCUT2D eigenvalue weighted by Crippen LogP contribution is -2.40. The van der Waals surface area contributed by atoms with E-state index < -0.39 is 0 Å². The Labute approximate surface area is 292 Å². The average molecular weight is 681 g/mol. The average Bonchev–Trinajstić information content (AvgIpc) is 3.50. The van der Waals surface area contributed by atoms with E-state index in [0.29, 0.717) is 35.9 Å². The highest BCUT2D eigenvalue weighted by atomic mass is 19.1. The molecule has 0 bridgehead atoms. The van der Waals surface area contributed by atoms with Gasteiger partial charge in [0.2, 0.25) is 11.7 Å². The predicted octanol–water partition coefficient (Wildman–Crippen LogP) is 6.47. The molecule has 0 spiro atoms. The van der Waals surface area contributed by atoms with Crippen molar-refractivity contribution in [1.29, 1.82) is 0 Å². The van der Waals surface area contributed by atoms with Crippen molar-refractivity contribution in [2.45, 2.75) is 37.8 Å². The molecule has 50 heavy (non-hydrogen) atoms. The monoisotopic (exact) mass is 680 g/mol. The van der Waals surface area contributed by atoms with Crippen LogP contribution in [0.15, 0.2) is 85.2 Å². The van der Waals surface area contributed by atoms with Crippen LogP contribution in [0.4, 0.5) is 10.3 Å². The molecule has 262 valence electrons. The van der Waals surface area contributed by atoms with E-state index in [9.17, 15) is 9.18 Å². The van der Waals surface area contributed by atoms with E-state index in [0.717, 1.165) is 67.0 Å². The molecule has 3 heterocycles. The summed E-state index contributed by atoms with van der Waals surface area (Å²) in [5.41, 5.74) is 4.57. The molecule has 1 fully saturated rings. The molecule has 1 unspecified atom stereocenters. The van der Waals surface area contributed by atoms with E-state index in [-0.39, 0.29) is 23.7 Å². The van der Waals surface area contributed by atoms with Crippen molar-refractivity contribution in [3.8, 4) is 17.2 Å². The number of aromatic nitrogens is 3. The number of halogens is 1. The summed E-state index contributed by atoms with van der Waals surface area (Å²) in [5, 5.41) is 3.73. The Kier molecular flexibility index (Phi) is 11.1. The minimum absolute atomic E-state index is 0.0990. The number of methoxy groups -OCH3 is 3. The van der Waals surface area contributed by atoms with Crippen molar-refractivity contribution in [1.82, 2.24) is 24.3 Å². The second-order valence-electron chi connectivity index (χ2n) is 12.8. The van der Waals surface area contributed by atoms with E-state index in [1.54, 1.807) is 44.6 Å². The quantitative estimate of drug-likeness (QED) is 0.143. The fourth-order valence-corrected chi connectivity index (χ4v) is 6.76. The molecule has 1 aliphatic rings. The fourth-order valence-electron chi connectivity index (χ4n) is 6.76. The topological polar surface area (TPSA) is 94.0 Å². The number of pyridine rings is 1. The van der Waals surface area contributed by atoms with Crippen LogP contribution in [-0.4, -0.2) is 90.8 Å². The number of likely N-dealkylation sites (tertiary alicyclic amines) is 1. The van der Waals surface area contributed by atoms with Crippen LogP contribution in [0, 0.1) is 5.82 Å². The number of hydrogen-bond acceptors (Lipinski definition) is 8. The van der Waals surface area contributed by atoms with E-state index in [4.69, 9.17) is 19.2 Å². The molecular weight excluding hydrogens is 635 g/mol. The summed E-state index contributed by atoms with van der Waals surface area (Å²) in [5.74, 6) is 1.90. The minimum Gasteiger partial charge on any atom is -0.493 e. The molecule has 6 rings (SSSR count). The van der Waals surface area contributed by atoms with Gasteiger partial charge in [-0.3, -0.25) is 9.78 Å². The Hall–Kier alpha value is -5.16. The molecule has 3 aromatic carbocycles. The molecule has 11 heteroatoms. The molecule has 1 N–H and O–H groups in total. The molecule has 1 atom stereocenters. The van der Waals surface area contributed by atoms with Crippen molar-refractivity contribution in [3.63, 3.8) is 0 Å². The normalized spacial score (nSPS) is 14.3. The molecule has 0 aliphatic carbocycles. The van der Waals surface area contributed by atoms with Crippen LogP contribution in [0.1, 0.15) is 46.7 Å². The second kappa shape index (κ2) is 16.0. The van der Waals surface area contributed by atoms with Gasteiger partial charge in [-0.05, 0) is 79.4 Å². The number of amides is 1. The van der Waals surface area contributed by atoms with Gasteiger partial charge in [-0.15, -0.1) is 0 Å². The molecule has 2 aromatic heterocycles. The van der Waals surface area contributed by atoms with Crippen molar-refractivity contribution in [3.05, 3.63) is 108 Å². The van der Waals surface area contributed by atoms with Gasteiger partial charge in [0.1, 0.15) is 5.82 Å². The number of ether oxygens (including phenoxy) is 3. The Morgan fingerprint density at radius 1 is 0.980 bits per heavy atom. The maximum Gasteiger partial charge on any atom is 0.253 e. The first-order valence-electron chi connectivity index (χ1n) is 17.0. The maximum absolute atomic E-state index is 13.7. The zero-order valence-electron chi connectivity index (χ0n) is 29.1. The Morgan fingerprint density at radius 2 is 1.70 bits per heavy atom. The molecule has 5 aromatic rings. The summed E-state index contributed by atoms with van der Waals surface area (Å²) in [6.07, 6.45) is 6.52. The third kappa shape index (κ3) is 8.00. The second-order valence-corrected chi connectivity index (χ2v) is 12.8. The van der Waals surface area contributed by atoms with Gasteiger partial charge in [0, 0.05) is 56.6 Å². The van der Waals surface area contributed by atoms with Crippen LogP contribution in [0.5, 0.6) is 17.2 Å². The van der Waals surface area contributed by atoms with Crippen molar-refractivity contribution >= 4 is 22.9 Å². The van der Waals surface area contributed by atoms with E-state index in [1.807, 2.05) is 49.6 Å². The summed E-state index contributed by atoms with van der Waals surface area (Å²) in [4.78, 5) is 27.2. The van der Waals surface area contributed by atoms with Crippen LogP contribution >= 0.6 is 0 Å². The van der Waals surface area contributed by atoms with Gasteiger partial charge in [-0.2, -0.15) is 0 Å². The van der Waals surface area contributed by atoms with Crippen molar-refractivity contribution in [2.75, 3.05) is 59.9 Å². The Bertz CT molecular complexity index is 1850. The molecule has 1 saturated heterocycles. The first kappa shape index (κ1) is 34.7. The number of benzene rings is 3. The zero-order chi connectivity index (χ0) is 35.0. The predicted molar refractivity (Wildman–Crippen MR) is 193 cm³/mol. The third-order valence-electron chi connectivity index (χ3n) is 9.53. The van der Waals surface area contributed by atoms with Crippen LogP contribution in [0.25, 0.3) is 11.0 Å². The molecule has 0 radical (unpaired) electrons. The number of carbonyl (C=O) groups is 1. The summed E-state index contributed by atoms with van der Waals surface area (Å²) in [6, 6.07) is 22.5. The van der Waals surface area contributed by atoms with Crippen LogP contribution in [0.3, 0.4) is 0 Å². The standard InChI is InChI=1S/C39H45FN6O4/c1-44(38(47)30-22-35(48-2)37(50-4)36(23-30)49-3)26-29(28-8-7-18-41-24-28)15-19-45-20-16-32(17-21-45)42-39-43-33-9-5-6-10-34(33)46(39)25-27-11-13-31(40)14-12-27/h5-14,18,22-24,29,32H,15-17,19-21,25-26H2,1-4H3,(H,42,43). The highest BCUT2D eigenvalue weighted by molar-refractivity contribution is 5.95. The zero-order valence-corrected chi connectivity index (χ0v) is 29.1. The van der Waals surface area contributed by atoms with Gasteiger partial charge >= 0.3 is 0 Å². The van der Waals surface area contributed by atoms with Crippen LogP contribution in [0.2, 0.25) is 0 Å². The number of anilines is 1. The number of hydrogen-bond donors (Lipinski definition) is 1. The molecule has 1 amide bonds. The first-order chi connectivity index (χ1) is 24.4. The summed E-state index contributed by atoms with van der Waals surface area (Å²) < 4.78 is 32.2. The van der Waals surface area contributed by atoms with Gasteiger partial charge in [0.25, 0.3) is 5.91 Å². The molecular formula is C39H45FN6O4. The number of piperidine rings is 1. The number of nitrogens with one attached hydrogen (secondary N) is 1. The number of carbonyl (C=O) groups excluding carboxylic acids is 1. The highest BCUT2D eigenvalue weighted by Crippen LogP contribution is 2.38. The maximum atomic E-state index is 13.7. The largest absolute Gasteiger partial charge is 0.493 e. The van der Waals surface area contributed by atoms with Gasteiger partial charge in [-0.1, -0.05) is 30.3 Å². The summed E-state index contributed by atoms with van der Waals surface area (Å²) in [6.45, 7) is 3.95. The van der Waals surface area contributed by atoms with E-state index in [2.05, 4.69) is 31.9 Å². The first-order valence-corrected chi connectivity index (χ1v) is 17.0. The highest BCUT2D eigenvalue weighted by Gasteiger charge is 2.25. The molecule has 1 aliphatic heterocycles. The smallest absolute Gasteiger partial charge is 0.253 e. The van der Waals surface area contributed by atoms with Crippen LogP contribution < -0.4 is 19.5 Å². The minimum atomic E-state index is -0.239. The number of imidazole rings is 1. The van der Waals surface area contributed by atoms with Gasteiger partial charge in [0.05, 0.1) is 38.9 Å². The van der Waals surface area contributed by atoms with Gasteiger partial charge in [-0.25, -0.2) is 9.37 Å². The number of para-hydroxylation sites is 2. The van der Waals surface area contributed by atoms with Crippen molar-refractivity contribution in [2.24, 2.45) is 0 Å². The Balaban J connectivity index is 1.08. The van der Waals surface area contributed by atoms with Crippen LogP contribution in [-0.2, 0) is 6.54 Å². The lowest BCUT2D eigenvalue weighted by Gasteiger charge is -2.34. The number of likely N-dealkylation sites (N-methyl/N-ethyl adjacent to an activating group) is 1. The van der Waals surface area contributed by atoms with E-state index in [1.165, 1.54) is 12.1 Å². The third-order valence-corrected chi connectivity index (χ3v) is 9.53. The summed E-state index contributed by atoms with van der Waals surface area (Å²) >= 11 is 0. The SMILES string of the molecule is COc1cc(C(=O)N(C)CC(CCN2CCC(Nc3nc4ccccc4n3Cc3ccc(F)cc3)CC2)c2cccnc2)cc(OC)c1OC.